The van der Waals surface area contributed by atoms with Crippen LogP contribution in [0.3, 0.4) is 0 Å². The fourth-order valence-electron chi connectivity index (χ4n) is 1.37. The molecule has 84 valence electrons. The molecule has 0 aliphatic carbocycles. The zero-order valence-corrected chi connectivity index (χ0v) is 9.29. The van der Waals surface area contributed by atoms with E-state index < -0.39 is 0 Å². The van der Waals surface area contributed by atoms with Crippen molar-refractivity contribution in [1.82, 2.24) is 10.6 Å². The largest absolute Gasteiger partial charge is 0.338 e. The molecule has 2 N–H and O–H groups in total. The second-order valence-corrected chi connectivity index (χ2v) is 3.51. The molecule has 4 nitrogen and oxygen atoms in total. The van der Waals surface area contributed by atoms with Crippen LogP contribution >= 0.6 is 0 Å². The Morgan fingerprint density at radius 2 is 2.25 bits per heavy atom. The summed E-state index contributed by atoms with van der Waals surface area (Å²) in [5.74, 6) is 0. The highest BCUT2D eigenvalue weighted by molar-refractivity contribution is 5.74. The Balaban J connectivity index is 2.26. The number of amides is 2. The van der Waals surface area contributed by atoms with Gasteiger partial charge in [-0.15, -0.1) is 0 Å². The lowest BCUT2D eigenvalue weighted by Gasteiger charge is -2.05. The molecule has 0 aromatic heterocycles. The van der Waals surface area contributed by atoms with Crippen molar-refractivity contribution in [3.63, 3.8) is 0 Å². The van der Waals surface area contributed by atoms with Gasteiger partial charge in [0.25, 0.3) is 0 Å². The van der Waals surface area contributed by atoms with Crippen LogP contribution in [0.1, 0.15) is 11.1 Å². The van der Waals surface area contributed by atoms with Gasteiger partial charge in [-0.1, -0.05) is 29.8 Å². The molecule has 0 radical (unpaired) electrons. The molecule has 0 saturated heterocycles. The van der Waals surface area contributed by atoms with Gasteiger partial charge < -0.3 is 10.6 Å². The fraction of sp³-hybridized carbons (Fsp3) is 0.333. The van der Waals surface area contributed by atoms with E-state index in [9.17, 15) is 4.79 Å². The van der Waals surface area contributed by atoms with E-state index in [-0.39, 0.29) is 12.6 Å². The number of hydrogen-bond donors (Lipinski definition) is 2. The van der Waals surface area contributed by atoms with Gasteiger partial charge in [-0.2, -0.15) is 5.26 Å². The lowest BCUT2D eigenvalue weighted by molar-refractivity contribution is 0.242. The molecule has 1 rings (SSSR count). The van der Waals surface area contributed by atoms with Gasteiger partial charge in [0.05, 0.1) is 6.07 Å². The summed E-state index contributed by atoms with van der Waals surface area (Å²) >= 11 is 0. The smallest absolute Gasteiger partial charge is 0.315 e. The lowest BCUT2D eigenvalue weighted by Crippen LogP contribution is -2.36. The minimum Gasteiger partial charge on any atom is -0.338 e. The first kappa shape index (κ1) is 12.1. The number of benzene rings is 1. The average Bonchev–Trinajstić information content (AvgIpc) is 2.26. The summed E-state index contributed by atoms with van der Waals surface area (Å²) in [6.07, 6.45) is 0.793. The predicted octanol–water partition coefficient (Wildman–Crippen LogP) is 1.36. The third kappa shape index (κ3) is 4.47. The van der Waals surface area contributed by atoms with E-state index in [1.807, 2.05) is 31.2 Å². The van der Waals surface area contributed by atoms with E-state index in [2.05, 4.69) is 16.7 Å². The van der Waals surface area contributed by atoms with E-state index >= 15 is 0 Å². The molecular weight excluding hydrogens is 202 g/mol. The molecule has 16 heavy (non-hydrogen) atoms. The fourth-order valence-corrected chi connectivity index (χ4v) is 1.37. The van der Waals surface area contributed by atoms with Gasteiger partial charge in [-0.25, -0.2) is 4.79 Å². The van der Waals surface area contributed by atoms with Crippen molar-refractivity contribution < 1.29 is 4.79 Å². The molecule has 0 saturated carbocycles. The van der Waals surface area contributed by atoms with Crippen LogP contribution in [0.4, 0.5) is 4.79 Å². The highest BCUT2D eigenvalue weighted by atomic mass is 16.2. The maximum atomic E-state index is 11.1. The summed E-state index contributed by atoms with van der Waals surface area (Å²) in [4.78, 5) is 11.1. The molecule has 0 unspecified atom stereocenters. The van der Waals surface area contributed by atoms with Crippen molar-refractivity contribution in [1.29, 1.82) is 5.26 Å². The minimum atomic E-state index is -0.297. The molecular formula is C12H15N3O. The molecule has 2 amide bonds. The van der Waals surface area contributed by atoms with Gasteiger partial charge in [0, 0.05) is 6.54 Å². The van der Waals surface area contributed by atoms with Gasteiger partial charge in [-0.3, -0.25) is 0 Å². The Hall–Kier alpha value is -2.02. The number of nitrogens with one attached hydrogen (secondary N) is 2. The van der Waals surface area contributed by atoms with Crippen LogP contribution in [-0.4, -0.2) is 19.1 Å². The van der Waals surface area contributed by atoms with Crippen molar-refractivity contribution in [3.05, 3.63) is 35.4 Å². The molecule has 0 atom stereocenters. The van der Waals surface area contributed by atoms with Gasteiger partial charge in [-0.05, 0) is 18.9 Å². The van der Waals surface area contributed by atoms with Crippen LogP contribution in [0.25, 0.3) is 0 Å². The number of aryl methyl sites for hydroxylation is 1. The average molecular weight is 217 g/mol. The van der Waals surface area contributed by atoms with Crippen LogP contribution in [0, 0.1) is 18.3 Å². The number of hydrogen-bond acceptors (Lipinski definition) is 2. The van der Waals surface area contributed by atoms with E-state index in [0.29, 0.717) is 6.54 Å². The lowest BCUT2D eigenvalue weighted by atomic mass is 10.1. The summed E-state index contributed by atoms with van der Waals surface area (Å²) < 4.78 is 0. The van der Waals surface area contributed by atoms with Gasteiger partial charge >= 0.3 is 6.03 Å². The maximum absolute atomic E-state index is 11.1. The van der Waals surface area contributed by atoms with Crippen LogP contribution in [0.15, 0.2) is 24.3 Å². The first-order chi connectivity index (χ1) is 7.72. The monoisotopic (exact) mass is 217 g/mol. The van der Waals surface area contributed by atoms with Crippen molar-refractivity contribution in [3.8, 4) is 6.07 Å². The number of carbonyl (C=O) groups excluding carboxylic acids is 1. The third-order valence-corrected chi connectivity index (χ3v) is 2.11. The zero-order chi connectivity index (χ0) is 11.8. The normalized spacial score (nSPS) is 9.25. The molecule has 1 aromatic carbocycles. The Morgan fingerprint density at radius 3 is 2.94 bits per heavy atom. The van der Waals surface area contributed by atoms with Crippen LogP contribution in [-0.2, 0) is 6.42 Å². The number of carbonyl (C=O) groups is 1. The molecule has 0 aliphatic rings. The quantitative estimate of drug-likeness (QED) is 0.748. The second-order valence-electron chi connectivity index (χ2n) is 3.51. The third-order valence-electron chi connectivity index (χ3n) is 2.11. The number of nitriles is 1. The van der Waals surface area contributed by atoms with Gasteiger partial charge in [0.15, 0.2) is 0 Å². The SMILES string of the molecule is Cc1cccc(CCNC(=O)NCC#N)c1. The Labute approximate surface area is 95.3 Å². The Kier molecular flexibility index (Phi) is 4.87. The molecule has 0 heterocycles. The van der Waals surface area contributed by atoms with E-state index in [4.69, 9.17) is 5.26 Å². The minimum absolute atomic E-state index is 0.0380. The van der Waals surface area contributed by atoms with Gasteiger partial charge in [0.2, 0.25) is 0 Å². The Morgan fingerprint density at radius 1 is 1.44 bits per heavy atom. The number of urea groups is 1. The summed E-state index contributed by atoms with van der Waals surface area (Å²) in [5.41, 5.74) is 2.41. The van der Waals surface area contributed by atoms with Crippen molar-refractivity contribution in [2.24, 2.45) is 0 Å². The van der Waals surface area contributed by atoms with E-state index in [1.165, 1.54) is 11.1 Å². The predicted molar refractivity (Wildman–Crippen MR) is 61.9 cm³/mol. The van der Waals surface area contributed by atoms with Gasteiger partial charge in [0.1, 0.15) is 6.54 Å². The first-order valence-corrected chi connectivity index (χ1v) is 5.16. The van der Waals surface area contributed by atoms with Crippen LogP contribution in [0.2, 0.25) is 0 Å². The standard InChI is InChI=1S/C12H15N3O/c1-10-3-2-4-11(9-10)5-7-14-12(16)15-8-6-13/h2-4,9H,5,7-8H2,1H3,(H2,14,15,16). The summed E-state index contributed by atoms with van der Waals surface area (Å²) in [6, 6.07) is 9.71. The molecule has 0 bridgehead atoms. The topological polar surface area (TPSA) is 64.9 Å². The molecule has 0 aliphatic heterocycles. The van der Waals surface area contributed by atoms with E-state index in [1.54, 1.807) is 0 Å². The van der Waals surface area contributed by atoms with Crippen molar-refractivity contribution in [2.75, 3.05) is 13.1 Å². The van der Waals surface area contributed by atoms with E-state index in [0.717, 1.165) is 6.42 Å². The highest BCUT2D eigenvalue weighted by Crippen LogP contribution is 2.03. The van der Waals surface area contributed by atoms with Crippen molar-refractivity contribution in [2.45, 2.75) is 13.3 Å². The maximum Gasteiger partial charge on any atom is 0.315 e. The zero-order valence-electron chi connectivity index (χ0n) is 9.29. The molecule has 4 heteroatoms. The molecule has 0 fully saturated rings. The number of rotatable bonds is 4. The molecule has 1 aromatic rings. The molecule has 0 spiro atoms. The Bertz CT molecular complexity index is 395. The first-order valence-electron chi connectivity index (χ1n) is 5.16. The van der Waals surface area contributed by atoms with Crippen molar-refractivity contribution >= 4 is 6.03 Å². The summed E-state index contributed by atoms with van der Waals surface area (Å²) in [6.45, 7) is 2.65. The number of nitrogens with zero attached hydrogens (tertiary/aromatic N) is 1. The summed E-state index contributed by atoms with van der Waals surface area (Å²) in [7, 11) is 0. The summed E-state index contributed by atoms with van der Waals surface area (Å²) in [5, 5.41) is 13.4. The second kappa shape index (κ2) is 6.46. The van der Waals surface area contributed by atoms with Crippen LogP contribution in [0.5, 0.6) is 0 Å². The highest BCUT2D eigenvalue weighted by Gasteiger charge is 1.98. The van der Waals surface area contributed by atoms with Crippen LogP contribution < -0.4 is 10.6 Å².